The minimum absolute atomic E-state index is 0.112. The summed E-state index contributed by atoms with van der Waals surface area (Å²) < 4.78 is 7.20. The number of para-hydroxylation sites is 2. The maximum atomic E-state index is 7.20. The number of nitrogens with zero attached hydrogens (tertiary/aromatic N) is 2. The van der Waals surface area contributed by atoms with Crippen LogP contribution in [0.1, 0.15) is 49.9 Å². The Morgan fingerprint density at radius 3 is 1.41 bits per heavy atom. The highest BCUT2D eigenvalue weighted by Gasteiger charge is 2.38. The molecular formula is C70H52N2O. The van der Waals surface area contributed by atoms with Crippen LogP contribution in [-0.2, 0) is 10.8 Å². The highest BCUT2D eigenvalue weighted by molar-refractivity contribution is 6.12. The van der Waals surface area contributed by atoms with Gasteiger partial charge in [0.25, 0.3) is 0 Å². The molecule has 0 saturated heterocycles. The van der Waals surface area contributed by atoms with Gasteiger partial charge in [0.2, 0.25) is 0 Å². The maximum absolute atomic E-state index is 7.20. The second kappa shape index (κ2) is 16.3. The van der Waals surface area contributed by atoms with Crippen molar-refractivity contribution in [1.82, 2.24) is 0 Å². The molecule has 0 atom stereocenters. The monoisotopic (exact) mass is 936 g/mol. The Balaban J connectivity index is 0.998. The Morgan fingerprint density at radius 2 is 0.781 bits per heavy atom. The molecule has 0 radical (unpaired) electrons. The zero-order valence-electron chi connectivity index (χ0n) is 41.4. The molecule has 3 heteroatoms. The third kappa shape index (κ3) is 6.65. The smallest absolute Gasteiger partial charge is 0.159 e. The van der Waals surface area contributed by atoms with Crippen molar-refractivity contribution in [2.24, 2.45) is 0 Å². The molecule has 0 fully saturated rings. The minimum atomic E-state index is -0.112. The third-order valence-electron chi connectivity index (χ3n) is 16.0. The van der Waals surface area contributed by atoms with Crippen molar-refractivity contribution in [2.45, 2.75) is 38.5 Å². The molecule has 2 aliphatic rings. The lowest BCUT2D eigenvalue weighted by Crippen LogP contribution is -2.16. The lowest BCUT2D eigenvalue weighted by atomic mass is 9.82. The van der Waals surface area contributed by atoms with Gasteiger partial charge in [-0.15, -0.1) is 0 Å². The topological polar surface area (TPSA) is 19.6 Å². The van der Waals surface area contributed by atoms with Gasteiger partial charge in [-0.1, -0.05) is 204 Å². The first-order valence-electron chi connectivity index (χ1n) is 25.5. The van der Waals surface area contributed by atoms with Gasteiger partial charge < -0.3 is 14.2 Å². The van der Waals surface area contributed by atoms with Crippen LogP contribution in [-0.4, -0.2) is 0 Å². The van der Waals surface area contributed by atoms with Gasteiger partial charge in [0.15, 0.2) is 5.58 Å². The lowest BCUT2D eigenvalue weighted by Gasteiger charge is -2.30. The molecule has 0 aliphatic heterocycles. The number of benzene rings is 11. The highest BCUT2D eigenvalue weighted by Crippen LogP contribution is 2.55. The molecule has 0 N–H and O–H groups in total. The van der Waals surface area contributed by atoms with Gasteiger partial charge in [-0.05, 0) is 133 Å². The van der Waals surface area contributed by atoms with Gasteiger partial charge in [0.05, 0.1) is 17.1 Å². The summed E-state index contributed by atoms with van der Waals surface area (Å²) in [7, 11) is 0. The van der Waals surface area contributed by atoms with Crippen molar-refractivity contribution in [3.05, 3.63) is 265 Å². The van der Waals surface area contributed by atoms with Crippen LogP contribution in [0.15, 0.2) is 247 Å². The first-order chi connectivity index (χ1) is 35.7. The maximum Gasteiger partial charge on any atom is 0.159 e. The summed E-state index contributed by atoms with van der Waals surface area (Å²) in [6.45, 7) is 9.40. The van der Waals surface area contributed by atoms with Gasteiger partial charge in [0.1, 0.15) is 5.58 Å². The second-order valence-corrected chi connectivity index (χ2v) is 20.9. The Labute approximate surface area is 426 Å². The summed E-state index contributed by atoms with van der Waals surface area (Å²) >= 11 is 0. The number of hydrogen-bond donors (Lipinski definition) is 0. The van der Waals surface area contributed by atoms with Crippen molar-refractivity contribution >= 4 is 66.8 Å². The van der Waals surface area contributed by atoms with Crippen LogP contribution >= 0.6 is 0 Å². The van der Waals surface area contributed by atoms with E-state index in [1.807, 2.05) is 0 Å². The molecule has 0 spiro atoms. The molecular weight excluding hydrogens is 885 g/mol. The third-order valence-corrected chi connectivity index (χ3v) is 16.0. The Hall–Kier alpha value is -8.92. The predicted octanol–water partition coefficient (Wildman–Crippen LogP) is 19.6. The van der Waals surface area contributed by atoms with Crippen LogP contribution in [0, 0.1) is 0 Å². The van der Waals surface area contributed by atoms with Crippen molar-refractivity contribution in [3.8, 4) is 44.5 Å². The first kappa shape index (κ1) is 42.9. The van der Waals surface area contributed by atoms with Crippen LogP contribution in [0.4, 0.5) is 34.1 Å². The summed E-state index contributed by atoms with van der Waals surface area (Å²) in [6.07, 6.45) is 0. The van der Waals surface area contributed by atoms with E-state index >= 15 is 0 Å². The number of anilines is 6. The standard InChI is InChI=1S/C70H52N2O/c1-69(2)60-30-16-13-27-53(60)57-42-49(34-37-62(57)69)71(50-35-38-63-58(43-50)54-28-14-17-31-61(54)70(63,3)4)65-33-19-29-55-59-44-51(36-39-67(59)73-68(55)65)72(64-32-18-15-26-52(64)45-20-7-5-8-21-45)66-41-48-25-12-11-24-47(48)40-56(66)46-22-9-6-10-23-46/h5-44H,1-4H3. The molecule has 0 unspecified atom stereocenters. The van der Waals surface area contributed by atoms with Gasteiger partial charge >= 0.3 is 0 Å². The van der Waals surface area contributed by atoms with Crippen molar-refractivity contribution < 1.29 is 4.42 Å². The molecule has 348 valence electrons. The van der Waals surface area contributed by atoms with E-state index in [1.54, 1.807) is 0 Å². The van der Waals surface area contributed by atoms with Gasteiger partial charge in [0, 0.05) is 49.8 Å². The van der Waals surface area contributed by atoms with Crippen LogP contribution in [0.3, 0.4) is 0 Å². The van der Waals surface area contributed by atoms with E-state index in [0.29, 0.717) is 0 Å². The summed E-state index contributed by atoms with van der Waals surface area (Å²) in [5.41, 5.74) is 23.0. The Morgan fingerprint density at radius 1 is 0.301 bits per heavy atom. The van der Waals surface area contributed by atoms with E-state index in [9.17, 15) is 0 Å². The number of hydrogen-bond acceptors (Lipinski definition) is 3. The fourth-order valence-corrected chi connectivity index (χ4v) is 12.4. The number of furan rings is 1. The van der Waals surface area contributed by atoms with E-state index in [0.717, 1.165) is 78.3 Å². The van der Waals surface area contributed by atoms with E-state index in [-0.39, 0.29) is 10.8 Å². The van der Waals surface area contributed by atoms with E-state index in [2.05, 4.69) is 280 Å². The summed E-state index contributed by atoms with van der Waals surface area (Å²) in [4.78, 5) is 4.89. The molecule has 1 heterocycles. The molecule has 1 aromatic heterocycles. The van der Waals surface area contributed by atoms with Crippen LogP contribution in [0.2, 0.25) is 0 Å². The largest absolute Gasteiger partial charge is 0.454 e. The predicted molar refractivity (Wildman–Crippen MR) is 307 cm³/mol. The number of rotatable bonds is 8. The van der Waals surface area contributed by atoms with E-state index < -0.39 is 0 Å². The minimum Gasteiger partial charge on any atom is -0.454 e. The van der Waals surface area contributed by atoms with E-state index in [4.69, 9.17) is 4.42 Å². The van der Waals surface area contributed by atoms with Crippen molar-refractivity contribution in [2.75, 3.05) is 9.80 Å². The molecule has 3 nitrogen and oxygen atoms in total. The molecule has 0 bridgehead atoms. The molecule has 73 heavy (non-hydrogen) atoms. The second-order valence-electron chi connectivity index (χ2n) is 20.9. The Bertz CT molecular complexity index is 4050. The van der Waals surface area contributed by atoms with E-state index in [1.165, 1.54) is 55.3 Å². The van der Waals surface area contributed by atoms with Gasteiger partial charge in [-0.25, -0.2) is 0 Å². The molecule has 11 aromatic carbocycles. The molecule has 12 aromatic rings. The fourth-order valence-electron chi connectivity index (χ4n) is 12.4. The average molecular weight is 937 g/mol. The zero-order chi connectivity index (χ0) is 49.0. The lowest BCUT2D eigenvalue weighted by molar-refractivity contribution is 0.660. The summed E-state index contributed by atoms with van der Waals surface area (Å²) in [5, 5.41) is 4.48. The Kier molecular flexibility index (Phi) is 9.59. The molecule has 0 saturated carbocycles. The van der Waals surface area contributed by atoms with Gasteiger partial charge in [-0.3, -0.25) is 0 Å². The molecule has 0 amide bonds. The van der Waals surface area contributed by atoms with Crippen LogP contribution < -0.4 is 9.80 Å². The summed E-state index contributed by atoms with van der Waals surface area (Å²) in [5.74, 6) is 0. The molecule has 14 rings (SSSR count). The average Bonchev–Trinajstić information content (AvgIpc) is 4.01. The SMILES string of the molecule is CC1(C)c2ccccc2-c2cc(N(c3ccc4c(c3)-c3ccccc3C4(C)C)c3cccc4c3oc3ccc(N(c5ccccc5-c5ccccc5)c5cc6ccccc6cc5-c5ccccc5)cc34)ccc21. The van der Waals surface area contributed by atoms with Gasteiger partial charge in [-0.2, -0.15) is 0 Å². The quantitative estimate of drug-likeness (QED) is 0.151. The van der Waals surface area contributed by atoms with Crippen LogP contribution in [0.25, 0.3) is 77.2 Å². The normalized spacial score (nSPS) is 13.7. The molecule has 2 aliphatic carbocycles. The van der Waals surface area contributed by atoms with Crippen molar-refractivity contribution in [3.63, 3.8) is 0 Å². The van der Waals surface area contributed by atoms with Crippen LogP contribution in [0.5, 0.6) is 0 Å². The summed E-state index contributed by atoms with van der Waals surface area (Å²) in [6, 6.07) is 89.1. The van der Waals surface area contributed by atoms with Crippen molar-refractivity contribution in [1.29, 1.82) is 0 Å². The first-order valence-corrected chi connectivity index (χ1v) is 25.5. The zero-order valence-corrected chi connectivity index (χ0v) is 41.4. The highest BCUT2D eigenvalue weighted by atomic mass is 16.3. The number of fused-ring (bicyclic) bond motifs is 10. The fraction of sp³-hybridized carbons (Fsp3) is 0.0857.